The zero-order chi connectivity index (χ0) is 33.0. The molecular formula is C41H45N3O2Si. The largest absolute Gasteiger partial charge is 0.417 e. The SMILES string of the molecule is CC(C)(C)[Si](C)(C)OCCCCCCn1c2ccccc2c2cc(/C=C/c3ccc4nc(C=O)c(-c5ccccc5)nc4c3)ccc21. The normalized spacial score (nSPS) is 12.5. The highest BCUT2D eigenvalue weighted by atomic mass is 28.4. The number of hydrogen-bond acceptors (Lipinski definition) is 4. The minimum absolute atomic E-state index is 0.265. The summed E-state index contributed by atoms with van der Waals surface area (Å²) in [6, 6.07) is 31.2. The van der Waals surface area contributed by atoms with Gasteiger partial charge in [0.15, 0.2) is 14.6 Å². The molecule has 5 nitrogen and oxygen atoms in total. The molecule has 0 aliphatic heterocycles. The second kappa shape index (κ2) is 13.8. The van der Waals surface area contributed by atoms with Gasteiger partial charge >= 0.3 is 0 Å². The predicted octanol–water partition coefficient (Wildman–Crippen LogP) is 11.0. The van der Waals surface area contributed by atoms with E-state index in [0.717, 1.165) is 54.5 Å². The Labute approximate surface area is 279 Å². The molecule has 2 heterocycles. The van der Waals surface area contributed by atoms with E-state index in [-0.39, 0.29) is 5.04 Å². The molecule has 0 amide bonds. The topological polar surface area (TPSA) is 57.0 Å². The molecule has 6 aromatic rings. The standard InChI is InChI=1S/C41H45N3O2Si/c1-41(2,3)47(4,5)46-26-14-7-6-13-25-44-38-18-12-11-17-33(38)34-27-30(22-24-39(34)44)19-20-31-21-23-35-36(28-31)43-40(37(29-45)42-35)32-15-9-8-10-16-32/h8-12,15-24,27-29H,6-7,13-14,25-26H2,1-5H3/b20-19+. The average Bonchev–Trinajstić information content (AvgIpc) is 3.38. The van der Waals surface area contributed by atoms with Crippen molar-refractivity contribution >= 4 is 59.6 Å². The van der Waals surface area contributed by atoms with Crippen LogP contribution in [0.4, 0.5) is 0 Å². The van der Waals surface area contributed by atoms with Crippen molar-refractivity contribution in [3.8, 4) is 11.3 Å². The molecule has 2 aromatic heterocycles. The van der Waals surface area contributed by atoms with Crippen molar-refractivity contribution in [2.24, 2.45) is 0 Å². The highest BCUT2D eigenvalue weighted by molar-refractivity contribution is 6.74. The third-order valence-electron chi connectivity index (χ3n) is 9.68. The number of benzene rings is 4. The monoisotopic (exact) mass is 639 g/mol. The van der Waals surface area contributed by atoms with Gasteiger partial charge in [0.1, 0.15) is 11.4 Å². The summed E-state index contributed by atoms with van der Waals surface area (Å²) in [5, 5.41) is 2.84. The summed E-state index contributed by atoms with van der Waals surface area (Å²) >= 11 is 0. The molecular weight excluding hydrogens is 595 g/mol. The fraction of sp³-hybridized carbons (Fsp3) is 0.293. The molecule has 0 N–H and O–H groups in total. The molecule has 0 saturated heterocycles. The first-order valence-corrected chi connectivity index (χ1v) is 19.7. The lowest BCUT2D eigenvalue weighted by atomic mass is 10.1. The Morgan fingerprint density at radius 3 is 2.17 bits per heavy atom. The Kier molecular flexibility index (Phi) is 9.53. The molecule has 0 aliphatic rings. The molecule has 0 aliphatic carbocycles. The number of nitrogens with zero attached hydrogens (tertiary/aromatic N) is 3. The van der Waals surface area contributed by atoms with Gasteiger partial charge in [-0.25, -0.2) is 9.97 Å². The van der Waals surface area contributed by atoms with Gasteiger partial charge in [-0.15, -0.1) is 0 Å². The van der Waals surface area contributed by atoms with Crippen LogP contribution in [0.5, 0.6) is 0 Å². The number of fused-ring (bicyclic) bond motifs is 4. The van der Waals surface area contributed by atoms with Crippen molar-refractivity contribution < 1.29 is 9.22 Å². The van der Waals surface area contributed by atoms with Gasteiger partial charge in [0.25, 0.3) is 0 Å². The summed E-state index contributed by atoms with van der Waals surface area (Å²) in [6.45, 7) is 13.5. The minimum Gasteiger partial charge on any atom is -0.417 e. The molecule has 0 saturated carbocycles. The Morgan fingerprint density at radius 1 is 0.723 bits per heavy atom. The Balaban J connectivity index is 1.17. The first kappa shape index (κ1) is 32.5. The molecule has 240 valence electrons. The first-order chi connectivity index (χ1) is 22.6. The number of rotatable bonds is 12. The van der Waals surface area contributed by atoms with Gasteiger partial charge in [0.2, 0.25) is 0 Å². The predicted molar refractivity (Wildman–Crippen MR) is 200 cm³/mol. The van der Waals surface area contributed by atoms with Crippen LogP contribution in [0.2, 0.25) is 18.1 Å². The molecule has 0 radical (unpaired) electrons. The first-order valence-electron chi connectivity index (χ1n) is 16.8. The quantitative estimate of drug-likeness (QED) is 0.0578. The van der Waals surface area contributed by atoms with E-state index in [1.165, 1.54) is 34.6 Å². The van der Waals surface area contributed by atoms with Crippen molar-refractivity contribution in [3.05, 3.63) is 108 Å². The van der Waals surface area contributed by atoms with E-state index in [2.05, 4.69) is 98.0 Å². The van der Waals surface area contributed by atoms with Gasteiger partial charge in [0.05, 0.1) is 11.0 Å². The number of para-hydroxylation sites is 1. The molecule has 0 fully saturated rings. The summed E-state index contributed by atoms with van der Waals surface area (Å²) in [5.74, 6) is 0. The maximum absolute atomic E-state index is 11.8. The van der Waals surface area contributed by atoms with E-state index in [9.17, 15) is 4.79 Å². The summed E-state index contributed by atoms with van der Waals surface area (Å²) < 4.78 is 8.87. The van der Waals surface area contributed by atoms with Crippen LogP contribution in [-0.4, -0.2) is 35.7 Å². The molecule has 0 bridgehead atoms. The minimum atomic E-state index is -1.66. The van der Waals surface area contributed by atoms with Gasteiger partial charge in [-0.3, -0.25) is 4.79 Å². The van der Waals surface area contributed by atoms with E-state index < -0.39 is 8.32 Å². The van der Waals surface area contributed by atoms with Crippen molar-refractivity contribution in [3.63, 3.8) is 0 Å². The van der Waals surface area contributed by atoms with Crippen LogP contribution < -0.4 is 0 Å². The van der Waals surface area contributed by atoms with E-state index >= 15 is 0 Å². The van der Waals surface area contributed by atoms with Gasteiger partial charge in [-0.05, 0) is 72.4 Å². The van der Waals surface area contributed by atoms with Crippen LogP contribution in [0.3, 0.4) is 0 Å². The third-order valence-corrected chi connectivity index (χ3v) is 14.2. The van der Waals surface area contributed by atoms with Crippen LogP contribution in [0, 0.1) is 0 Å². The van der Waals surface area contributed by atoms with Crippen molar-refractivity contribution in [2.75, 3.05) is 6.61 Å². The molecule has 0 spiro atoms. The summed E-state index contributed by atoms with van der Waals surface area (Å²) in [7, 11) is -1.66. The van der Waals surface area contributed by atoms with Crippen molar-refractivity contribution in [2.45, 2.75) is 71.1 Å². The summed E-state index contributed by atoms with van der Waals surface area (Å²) in [6.07, 6.45) is 9.74. The molecule has 0 atom stereocenters. The lowest BCUT2D eigenvalue weighted by Gasteiger charge is -2.36. The Bertz CT molecular complexity index is 2060. The number of carbonyl (C=O) groups is 1. The number of unbranched alkanes of at least 4 members (excludes halogenated alkanes) is 3. The Hall–Kier alpha value is -4.39. The van der Waals surface area contributed by atoms with Crippen LogP contribution >= 0.6 is 0 Å². The second-order valence-corrected chi connectivity index (χ2v) is 18.8. The highest BCUT2D eigenvalue weighted by Gasteiger charge is 2.36. The smallest absolute Gasteiger partial charge is 0.191 e. The third kappa shape index (κ3) is 7.14. The molecule has 4 aromatic carbocycles. The lowest BCUT2D eigenvalue weighted by molar-refractivity contribution is 0.111. The van der Waals surface area contributed by atoms with Crippen molar-refractivity contribution in [1.29, 1.82) is 0 Å². The van der Waals surface area contributed by atoms with E-state index in [1.807, 2.05) is 48.5 Å². The van der Waals surface area contributed by atoms with Crippen molar-refractivity contribution in [1.82, 2.24) is 14.5 Å². The number of aromatic nitrogens is 3. The average molecular weight is 640 g/mol. The number of carbonyl (C=O) groups excluding carboxylic acids is 1. The Morgan fingerprint density at radius 2 is 1.40 bits per heavy atom. The molecule has 0 unspecified atom stereocenters. The second-order valence-electron chi connectivity index (χ2n) is 14.0. The summed E-state index contributed by atoms with van der Waals surface area (Å²) in [4.78, 5) is 21.2. The fourth-order valence-corrected chi connectivity index (χ4v) is 7.04. The van der Waals surface area contributed by atoms with E-state index in [0.29, 0.717) is 16.9 Å². The van der Waals surface area contributed by atoms with Crippen LogP contribution in [-0.2, 0) is 11.0 Å². The van der Waals surface area contributed by atoms with Gasteiger partial charge in [-0.2, -0.15) is 0 Å². The highest BCUT2D eigenvalue weighted by Crippen LogP contribution is 2.37. The van der Waals surface area contributed by atoms with Gasteiger partial charge < -0.3 is 8.99 Å². The number of aryl methyl sites for hydroxylation is 1. The van der Waals surface area contributed by atoms with Gasteiger partial charge in [-0.1, -0.05) is 106 Å². The summed E-state index contributed by atoms with van der Waals surface area (Å²) in [5.41, 5.74) is 8.06. The molecule has 47 heavy (non-hydrogen) atoms. The fourth-order valence-electron chi connectivity index (χ4n) is 5.96. The lowest BCUT2D eigenvalue weighted by Crippen LogP contribution is -2.40. The number of aldehydes is 1. The maximum atomic E-state index is 11.8. The zero-order valence-electron chi connectivity index (χ0n) is 28.3. The zero-order valence-corrected chi connectivity index (χ0v) is 29.3. The van der Waals surface area contributed by atoms with E-state index in [1.54, 1.807) is 0 Å². The van der Waals surface area contributed by atoms with E-state index in [4.69, 9.17) is 9.41 Å². The van der Waals surface area contributed by atoms with Crippen LogP contribution in [0.15, 0.2) is 91.0 Å². The maximum Gasteiger partial charge on any atom is 0.191 e. The number of hydrogen-bond donors (Lipinski definition) is 0. The van der Waals surface area contributed by atoms with Crippen LogP contribution in [0.25, 0.3) is 56.2 Å². The molecule has 6 heteroatoms. The molecule has 6 rings (SSSR count). The van der Waals surface area contributed by atoms with Gasteiger partial charge in [0, 0.05) is 40.5 Å². The van der Waals surface area contributed by atoms with Crippen LogP contribution in [0.1, 0.15) is 68.1 Å².